The van der Waals surface area contributed by atoms with Gasteiger partial charge in [-0.05, 0) is 60.9 Å². The molecule has 126 valence electrons. The number of hydrogen-bond donors (Lipinski definition) is 2. The van der Waals surface area contributed by atoms with Crippen molar-refractivity contribution in [1.82, 2.24) is 5.32 Å². The van der Waals surface area contributed by atoms with Crippen LogP contribution in [0, 0.1) is 13.8 Å². The lowest BCUT2D eigenvalue weighted by molar-refractivity contribution is -0.115. The van der Waals surface area contributed by atoms with E-state index in [1.165, 1.54) is 18.2 Å². The molecule has 0 saturated carbocycles. The van der Waals surface area contributed by atoms with Crippen molar-refractivity contribution in [1.29, 1.82) is 0 Å². The minimum Gasteiger partial charge on any atom is -0.356 e. The van der Waals surface area contributed by atoms with Crippen molar-refractivity contribution in [2.45, 2.75) is 18.7 Å². The predicted octanol–water partition coefficient (Wildman–Crippen LogP) is 2.86. The van der Waals surface area contributed by atoms with Crippen molar-refractivity contribution in [2.24, 2.45) is 0 Å². The summed E-state index contributed by atoms with van der Waals surface area (Å²) in [6.45, 7) is 3.83. The smallest absolute Gasteiger partial charge is 0.261 e. The monoisotopic (exact) mass is 344 g/mol. The first kappa shape index (κ1) is 17.7. The Balaban J connectivity index is 2.20. The van der Waals surface area contributed by atoms with Crippen LogP contribution in [-0.4, -0.2) is 21.4 Å². The molecule has 5 nitrogen and oxygen atoms in total. The van der Waals surface area contributed by atoms with E-state index in [0.29, 0.717) is 5.69 Å². The largest absolute Gasteiger partial charge is 0.356 e. The first-order chi connectivity index (χ1) is 11.3. The van der Waals surface area contributed by atoms with E-state index >= 15 is 0 Å². The van der Waals surface area contributed by atoms with Crippen molar-refractivity contribution >= 4 is 27.7 Å². The summed E-state index contributed by atoms with van der Waals surface area (Å²) in [5, 5.41) is 2.48. The number of aryl methyl sites for hydroxylation is 2. The first-order valence-electron chi connectivity index (χ1n) is 7.41. The van der Waals surface area contributed by atoms with Crippen LogP contribution in [0.4, 0.5) is 5.69 Å². The van der Waals surface area contributed by atoms with Gasteiger partial charge in [0.05, 0.1) is 4.90 Å². The van der Waals surface area contributed by atoms with E-state index in [1.54, 1.807) is 37.4 Å². The Kier molecular flexibility index (Phi) is 5.41. The van der Waals surface area contributed by atoms with Gasteiger partial charge in [0, 0.05) is 18.8 Å². The minimum absolute atomic E-state index is 0.166. The fraction of sp³-hybridized carbons (Fsp3) is 0.167. The average molecular weight is 344 g/mol. The molecular formula is C18H20N2O3S. The third-order valence-corrected chi connectivity index (χ3v) is 4.74. The zero-order valence-electron chi connectivity index (χ0n) is 13.8. The molecule has 6 heteroatoms. The molecule has 0 heterocycles. The topological polar surface area (TPSA) is 75.3 Å². The number of benzene rings is 2. The van der Waals surface area contributed by atoms with Gasteiger partial charge in [-0.25, -0.2) is 8.42 Å². The molecule has 1 amide bonds. The molecule has 0 radical (unpaired) electrons. The summed E-state index contributed by atoms with van der Waals surface area (Å²) in [6, 6.07) is 11.9. The van der Waals surface area contributed by atoms with Gasteiger partial charge in [0.15, 0.2) is 0 Å². The van der Waals surface area contributed by atoms with Crippen LogP contribution >= 0.6 is 0 Å². The maximum atomic E-state index is 12.5. The summed E-state index contributed by atoms with van der Waals surface area (Å²) < 4.78 is 27.5. The molecule has 0 atom stereocenters. The Labute approximate surface area is 142 Å². The van der Waals surface area contributed by atoms with Crippen LogP contribution in [0.1, 0.15) is 16.7 Å². The highest BCUT2D eigenvalue weighted by Gasteiger charge is 2.14. The Morgan fingerprint density at radius 1 is 1.00 bits per heavy atom. The van der Waals surface area contributed by atoms with Crippen molar-refractivity contribution in [3.8, 4) is 0 Å². The van der Waals surface area contributed by atoms with E-state index < -0.39 is 10.0 Å². The maximum absolute atomic E-state index is 12.5. The lowest BCUT2D eigenvalue weighted by Crippen LogP contribution is -2.14. The Bertz CT molecular complexity index is 849. The van der Waals surface area contributed by atoms with Gasteiger partial charge in [0.25, 0.3) is 10.0 Å². The first-order valence-corrected chi connectivity index (χ1v) is 8.89. The van der Waals surface area contributed by atoms with E-state index in [0.717, 1.165) is 16.7 Å². The lowest BCUT2D eigenvalue weighted by atomic mass is 10.1. The molecule has 2 aromatic carbocycles. The van der Waals surface area contributed by atoms with Gasteiger partial charge in [-0.2, -0.15) is 0 Å². The Morgan fingerprint density at radius 3 is 2.12 bits per heavy atom. The average Bonchev–Trinajstić information content (AvgIpc) is 2.51. The number of carbonyl (C=O) groups is 1. The fourth-order valence-corrected chi connectivity index (χ4v) is 3.30. The number of hydrogen-bond acceptors (Lipinski definition) is 3. The zero-order chi connectivity index (χ0) is 17.7. The van der Waals surface area contributed by atoms with Crippen molar-refractivity contribution in [3.05, 3.63) is 65.2 Å². The molecule has 0 aliphatic carbocycles. The number of likely N-dealkylation sites (N-methyl/N-ethyl adjacent to an activating group) is 1. The number of rotatable bonds is 5. The molecule has 0 unspecified atom stereocenters. The van der Waals surface area contributed by atoms with Crippen molar-refractivity contribution in [3.63, 3.8) is 0 Å². The van der Waals surface area contributed by atoms with Gasteiger partial charge >= 0.3 is 0 Å². The Morgan fingerprint density at radius 2 is 1.58 bits per heavy atom. The fourth-order valence-electron chi connectivity index (χ4n) is 2.26. The number of anilines is 1. The van der Waals surface area contributed by atoms with Crippen LogP contribution in [0.3, 0.4) is 0 Å². The second-order valence-electron chi connectivity index (χ2n) is 5.50. The van der Waals surface area contributed by atoms with Crippen LogP contribution in [-0.2, 0) is 14.8 Å². The van der Waals surface area contributed by atoms with Crippen LogP contribution in [0.5, 0.6) is 0 Å². The molecular weight excluding hydrogens is 324 g/mol. The molecule has 0 aliphatic rings. The van der Waals surface area contributed by atoms with Gasteiger partial charge in [-0.15, -0.1) is 0 Å². The third-order valence-electron chi connectivity index (χ3n) is 3.34. The van der Waals surface area contributed by atoms with E-state index in [4.69, 9.17) is 0 Å². The molecule has 2 rings (SSSR count). The van der Waals surface area contributed by atoms with Crippen molar-refractivity contribution in [2.75, 3.05) is 11.8 Å². The molecule has 2 aromatic rings. The van der Waals surface area contributed by atoms with Gasteiger partial charge in [0.1, 0.15) is 0 Å². The van der Waals surface area contributed by atoms with E-state index in [9.17, 15) is 13.2 Å². The van der Waals surface area contributed by atoms with E-state index in [2.05, 4.69) is 10.0 Å². The van der Waals surface area contributed by atoms with Crippen LogP contribution in [0.25, 0.3) is 6.08 Å². The molecule has 0 aliphatic heterocycles. The highest BCUT2D eigenvalue weighted by Crippen LogP contribution is 2.19. The maximum Gasteiger partial charge on any atom is 0.261 e. The number of amides is 1. The number of carbonyl (C=O) groups excluding carboxylic acids is 1. The molecule has 24 heavy (non-hydrogen) atoms. The molecule has 0 fully saturated rings. The summed E-state index contributed by atoms with van der Waals surface area (Å²) in [5.41, 5.74) is 3.25. The Hall–Kier alpha value is -2.60. The summed E-state index contributed by atoms with van der Waals surface area (Å²) in [4.78, 5) is 11.3. The van der Waals surface area contributed by atoms with E-state index in [-0.39, 0.29) is 10.8 Å². The van der Waals surface area contributed by atoms with E-state index in [1.807, 2.05) is 19.9 Å². The second kappa shape index (κ2) is 7.31. The normalized spacial score (nSPS) is 11.5. The van der Waals surface area contributed by atoms with Gasteiger partial charge in [-0.1, -0.05) is 18.2 Å². The highest BCUT2D eigenvalue weighted by atomic mass is 32.2. The highest BCUT2D eigenvalue weighted by molar-refractivity contribution is 7.92. The summed E-state index contributed by atoms with van der Waals surface area (Å²) >= 11 is 0. The zero-order valence-corrected chi connectivity index (χ0v) is 14.6. The molecule has 0 aromatic heterocycles. The molecule has 0 saturated heterocycles. The van der Waals surface area contributed by atoms with Crippen LogP contribution in [0.2, 0.25) is 0 Å². The summed E-state index contributed by atoms with van der Waals surface area (Å²) in [6.07, 6.45) is 3.00. The van der Waals surface area contributed by atoms with Crippen LogP contribution < -0.4 is 10.0 Å². The third kappa shape index (κ3) is 4.70. The second-order valence-corrected chi connectivity index (χ2v) is 7.18. The summed E-state index contributed by atoms with van der Waals surface area (Å²) in [7, 11) is -2.11. The SMILES string of the molecule is CNC(=O)/C=C/c1ccc(S(=O)(=O)Nc2cc(C)cc(C)c2)cc1. The number of nitrogens with one attached hydrogen (secondary N) is 2. The predicted molar refractivity (Wildman–Crippen MR) is 96.3 cm³/mol. The van der Waals surface area contributed by atoms with Gasteiger partial charge < -0.3 is 5.32 Å². The summed E-state index contributed by atoms with van der Waals surface area (Å²) in [5.74, 6) is -0.219. The number of sulfonamides is 1. The van der Waals surface area contributed by atoms with Crippen LogP contribution in [0.15, 0.2) is 53.4 Å². The molecule has 2 N–H and O–H groups in total. The van der Waals surface area contributed by atoms with Gasteiger partial charge in [0.2, 0.25) is 5.91 Å². The minimum atomic E-state index is -3.65. The van der Waals surface area contributed by atoms with Crippen molar-refractivity contribution < 1.29 is 13.2 Å². The molecule has 0 bridgehead atoms. The standard InChI is InChI=1S/C18H20N2O3S/c1-13-10-14(2)12-16(11-13)20-24(22,23)17-7-4-15(5-8-17)6-9-18(21)19-3/h4-12,20H,1-3H3,(H,19,21)/b9-6+. The quantitative estimate of drug-likeness (QED) is 0.819. The lowest BCUT2D eigenvalue weighted by Gasteiger charge is -2.10. The molecule has 0 spiro atoms. The van der Waals surface area contributed by atoms with Gasteiger partial charge in [-0.3, -0.25) is 9.52 Å².